The number of ether oxygens (including phenoxy) is 1. The molecule has 0 aliphatic carbocycles. The van der Waals surface area contributed by atoms with E-state index in [9.17, 15) is 4.79 Å². The predicted octanol–water partition coefficient (Wildman–Crippen LogP) is 3.89. The van der Waals surface area contributed by atoms with Crippen molar-refractivity contribution < 1.29 is 9.53 Å². The lowest BCUT2D eigenvalue weighted by molar-refractivity contribution is 0.0947. The molecule has 0 aliphatic rings. The van der Waals surface area contributed by atoms with E-state index < -0.39 is 0 Å². The third-order valence-corrected chi connectivity index (χ3v) is 4.50. The van der Waals surface area contributed by atoms with Crippen LogP contribution in [0.5, 0.6) is 5.75 Å². The molecular formula is C23H21N3O2. The van der Waals surface area contributed by atoms with Crippen LogP contribution >= 0.6 is 0 Å². The van der Waals surface area contributed by atoms with E-state index in [-0.39, 0.29) is 5.91 Å². The van der Waals surface area contributed by atoms with Crippen molar-refractivity contribution in [2.45, 2.75) is 6.54 Å². The number of nitrogens with zero attached hydrogens (tertiary/aromatic N) is 2. The fourth-order valence-corrected chi connectivity index (χ4v) is 3.04. The molecule has 0 saturated carbocycles. The Hall–Kier alpha value is -3.60. The first-order chi connectivity index (χ1) is 13.8. The highest BCUT2D eigenvalue weighted by molar-refractivity contribution is 5.94. The van der Waals surface area contributed by atoms with Crippen molar-refractivity contribution in [3.05, 3.63) is 96.3 Å². The van der Waals surface area contributed by atoms with Gasteiger partial charge in [-0.05, 0) is 46.7 Å². The van der Waals surface area contributed by atoms with Crippen LogP contribution in [0.3, 0.4) is 0 Å². The highest BCUT2D eigenvalue weighted by Crippen LogP contribution is 2.20. The number of hydrogen-bond donors (Lipinski definition) is 1. The molecule has 0 fully saturated rings. The zero-order valence-corrected chi connectivity index (χ0v) is 15.4. The molecule has 0 atom stereocenters. The Bertz CT molecular complexity index is 1060. The van der Waals surface area contributed by atoms with Crippen molar-refractivity contribution in [2.24, 2.45) is 0 Å². The van der Waals surface area contributed by atoms with Gasteiger partial charge < -0.3 is 10.1 Å². The molecule has 28 heavy (non-hydrogen) atoms. The van der Waals surface area contributed by atoms with Crippen molar-refractivity contribution in [3.63, 3.8) is 0 Å². The summed E-state index contributed by atoms with van der Waals surface area (Å²) in [6.45, 7) is 1.55. The molecule has 4 rings (SSSR count). The Morgan fingerprint density at radius 1 is 0.964 bits per heavy atom. The van der Waals surface area contributed by atoms with E-state index in [1.165, 1.54) is 5.39 Å². The molecule has 0 bridgehead atoms. The van der Waals surface area contributed by atoms with Crippen LogP contribution in [0.2, 0.25) is 0 Å². The van der Waals surface area contributed by atoms with Gasteiger partial charge in [-0.1, -0.05) is 42.5 Å². The van der Waals surface area contributed by atoms with E-state index in [2.05, 4.69) is 22.5 Å². The Morgan fingerprint density at radius 3 is 2.57 bits per heavy atom. The minimum Gasteiger partial charge on any atom is -0.492 e. The van der Waals surface area contributed by atoms with Gasteiger partial charge in [0.15, 0.2) is 0 Å². The summed E-state index contributed by atoms with van der Waals surface area (Å²) < 4.78 is 7.60. The molecule has 0 radical (unpaired) electrons. The highest BCUT2D eigenvalue weighted by atomic mass is 16.5. The molecule has 0 unspecified atom stereocenters. The number of carbonyl (C=O) groups is 1. The SMILES string of the molecule is O=C(NCCOc1ccc2ccccc2c1)c1ccc(Cn2cccn2)cc1. The quantitative estimate of drug-likeness (QED) is 0.502. The average molecular weight is 371 g/mol. The Labute approximate surface area is 163 Å². The molecule has 0 spiro atoms. The molecule has 1 N–H and O–H groups in total. The number of benzene rings is 3. The molecule has 0 aliphatic heterocycles. The molecule has 1 heterocycles. The van der Waals surface area contributed by atoms with Crippen molar-refractivity contribution in [1.82, 2.24) is 15.1 Å². The van der Waals surface area contributed by atoms with Crippen LogP contribution < -0.4 is 10.1 Å². The van der Waals surface area contributed by atoms with Gasteiger partial charge in [-0.25, -0.2) is 0 Å². The van der Waals surface area contributed by atoms with Crippen LogP contribution in [-0.2, 0) is 6.54 Å². The molecule has 4 aromatic rings. The fourth-order valence-electron chi connectivity index (χ4n) is 3.04. The van der Waals surface area contributed by atoms with Gasteiger partial charge in [-0.15, -0.1) is 0 Å². The van der Waals surface area contributed by atoms with Gasteiger partial charge in [0.25, 0.3) is 5.91 Å². The van der Waals surface area contributed by atoms with E-state index in [1.54, 1.807) is 6.20 Å². The highest BCUT2D eigenvalue weighted by Gasteiger charge is 2.05. The first-order valence-electron chi connectivity index (χ1n) is 9.24. The second-order valence-electron chi connectivity index (χ2n) is 6.51. The normalized spacial score (nSPS) is 10.7. The Balaban J connectivity index is 1.25. The van der Waals surface area contributed by atoms with E-state index in [0.29, 0.717) is 25.3 Å². The lowest BCUT2D eigenvalue weighted by Crippen LogP contribution is -2.28. The molecule has 3 aromatic carbocycles. The summed E-state index contributed by atoms with van der Waals surface area (Å²) in [6, 6.07) is 23.6. The maximum atomic E-state index is 12.3. The lowest BCUT2D eigenvalue weighted by Gasteiger charge is -2.09. The van der Waals surface area contributed by atoms with Crippen molar-refractivity contribution in [1.29, 1.82) is 0 Å². The summed E-state index contributed by atoms with van der Waals surface area (Å²) in [5, 5.41) is 9.39. The van der Waals surface area contributed by atoms with Gasteiger partial charge in [-0.2, -0.15) is 5.10 Å². The number of hydrogen-bond acceptors (Lipinski definition) is 3. The zero-order valence-electron chi connectivity index (χ0n) is 15.4. The van der Waals surface area contributed by atoms with Crippen LogP contribution in [-0.4, -0.2) is 28.8 Å². The zero-order chi connectivity index (χ0) is 19.2. The molecule has 140 valence electrons. The number of rotatable bonds is 7. The number of amides is 1. The van der Waals surface area contributed by atoms with Crippen molar-refractivity contribution >= 4 is 16.7 Å². The topological polar surface area (TPSA) is 56.1 Å². The Kier molecular flexibility index (Phi) is 5.33. The summed E-state index contributed by atoms with van der Waals surface area (Å²) in [7, 11) is 0. The van der Waals surface area contributed by atoms with E-state index in [4.69, 9.17) is 4.74 Å². The number of carbonyl (C=O) groups excluding carboxylic acids is 1. The lowest BCUT2D eigenvalue weighted by atomic mass is 10.1. The first kappa shape index (κ1) is 17.8. The summed E-state index contributed by atoms with van der Waals surface area (Å²) in [5.41, 5.74) is 1.73. The van der Waals surface area contributed by atoms with Crippen LogP contribution in [0, 0.1) is 0 Å². The molecular weight excluding hydrogens is 350 g/mol. The van der Waals surface area contributed by atoms with E-state index in [0.717, 1.165) is 16.7 Å². The van der Waals surface area contributed by atoms with Gasteiger partial charge in [0.05, 0.1) is 13.1 Å². The molecule has 5 nitrogen and oxygen atoms in total. The largest absolute Gasteiger partial charge is 0.492 e. The molecule has 1 amide bonds. The second kappa shape index (κ2) is 8.39. The minimum atomic E-state index is -0.104. The van der Waals surface area contributed by atoms with Gasteiger partial charge in [0.1, 0.15) is 12.4 Å². The summed E-state index contributed by atoms with van der Waals surface area (Å²) >= 11 is 0. The summed E-state index contributed by atoms with van der Waals surface area (Å²) in [6.07, 6.45) is 3.66. The summed E-state index contributed by atoms with van der Waals surface area (Å²) in [4.78, 5) is 12.3. The van der Waals surface area contributed by atoms with Crippen LogP contribution in [0.25, 0.3) is 10.8 Å². The maximum Gasteiger partial charge on any atom is 0.251 e. The third kappa shape index (κ3) is 4.38. The van der Waals surface area contributed by atoms with Gasteiger partial charge >= 0.3 is 0 Å². The minimum absolute atomic E-state index is 0.104. The van der Waals surface area contributed by atoms with Crippen LogP contribution in [0.15, 0.2) is 85.2 Å². The van der Waals surface area contributed by atoms with Gasteiger partial charge in [0, 0.05) is 18.0 Å². The van der Waals surface area contributed by atoms with Crippen molar-refractivity contribution in [3.8, 4) is 5.75 Å². The molecule has 1 aromatic heterocycles. The summed E-state index contributed by atoms with van der Waals surface area (Å²) in [5.74, 6) is 0.698. The van der Waals surface area contributed by atoms with Gasteiger partial charge in [-0.3, -0.25) is 9.48 Å². The maximum absolute atomic E-state index is 12.3. The van der Waals surface area contributed by atoms with Gasteiger partial charge in [0.2, 0.25) is 0 Å². The molecule has 0 saturated heterocycles. The molecule has 5 heteroatoms. The third-order valence-electron chi connectivity index (χ3n) is 4.50. The monoisotopic (exact) mass is 371 g/mol. The van der Waals surface area contributed by atoms with Crippen LogP contribution in [0.1, 0.15) is 15.9 Å². The number of fused-ring (bicyclic) bond motifs is 1. The van der Waals surface area contributed by atoms with E-state index >= 15 is 0 Å². The smallest absolute Gasteiger partial charge is 0.251 e. The van der Waals surface area contributed by atoms with E-state index in [1.807, 2.05) is 71.5 Å². The first-order valence-corrected chi connectivity index (χ1v) is 9.24. The average Bonchev–Trinajstić information content (AvgIpc) is 3.24. The Morgan fingerprint density at radius 2 is 1.79 bits per heavy atom. The fraction of sp³-hybridized carbons (Fsp3) is 0.130. The number of aromatic nitrogens is 2. The van der Waals surface area contributed by atoms with Crippen molar-refractivity contribution in [2.75, 3.05) is 13.2 Å². The standard InChI is InChI=1S/C23H21N3O2/c27-23(20-8-6-18(7-9-20)17-26-14-3-12-25-26)24-13-15-28-22-11-10-19-4-1-2-5-21(19)16-22/h1-12,14,16H,13,15,17H2,(H,24,27). The second-order valence-corrected chi connectivity index (χ2v) is 6.51. The predicted molar refractivity (Wildman–Crippen MR) is 110 cm³/mol. The van der Waals surface area contributed by atoms with Crippen LogP contribution in [0.4, 0.5) is 0 Å². The number of nitrogens with one attached hydrogen (secondary N) is 1.